The molecule has 0 saturated carbocycles. The van der Waals surface area contributed by atoms with Gasteiger partial charge in [0.1, 0.15) is 6.79 Å². The molecule has 7 atom stereocenters. The largest absolute Gasteiger partial charge is 0.411 e. The first-order valence-corrected chi connectivity index (χ1v) is 24.7. The minimum absolute atomic E-state index is 0.00914. The van der Waals surface area contributed by atoms with Crippen molar-refractivity contribution in [3.05, 3.63) is 72.9 Å². The van der Waals surface area contributed by atoms with E-state index in [9.17, 15) is 0 Å². The van der Waals surface area contributed by atoms with E-state index in [4.69, 9.17) is 27.8 Å². The molecule has 0 amide bonds. The number of hydrogen-bond acceptors (Lipinski definition) is 6. The van der Waals surface area contributed by atoms with E-state index >= 15 is 0 Å². The maximum absolute atomic E-state index is 7.24. The van der Waals surface area contributed by atoms with Gasteiger partial charge in [0.2, 0.25) is 0 Å². The van der Waals surface area contributed by atoms with Gasteiger partial charge in [-0.25, -0.2) is 0 Å². The van der Waals surface area contributed by atoms with E-state index in [0.29, 0.717) is 18.9 Å². The fourth-order valence-corrected chi connectivity index (χ4v) is 8.37. The van der Waals surface area contributed by atoms with Gasteiger partial charge in [0.15, 0.2) is 16.6 Å². The Bertz CT molecular complexity index is 1170. The fourth-order valence-electron chi connectivity index (χ4n) is 5.76. The first-order valence-electron chi connectivity index (χ1n) is 18.9. The molecule has 286 valence electrons. The number of rotatable bonds is 20. The lowest BCUT2D eigenvalue weighted by molar-refractivity contribution is -0.0553. The van der Waals surface area contributed by atoms with Crippen LogP contribution in [-0.2, 0) is 27.8 Å². The lowest BCUT2D eigenvalue weighted by Gasteiger charge is -2.44. The molecule has 2 heterocycles. The van der Waals surface area contributed by atoms with Gasteiger partial charge in [-0.1, -0.05) is 115 Å². The van der Waals surface area contributed by atoms with Gasteiger partial charge in [-0.05, 0) is 87.6 Å². The third-order valence-electron chi connectivity index (χ3n) is 10.9. The van der Waals surface area contributed by atoms with Gasteiger partial charge < -0.3 is 27.8 Å². The summed E-state index contributed by atoms with van der Waals surface area (Å²) in [4.78, 5) is 0. The molecule has 6 nitrogen and oxygen atoms in total. The summed E-state index contributed by atoms with van der Waals surface area (Å²) in [5.41, 5.74) is 2.53. The molecule has 50 heavy (non-hydrogen) atoms. The Labute approximate surface area is 309 Å². The molecular weight excluding hydrogens is 657 g/mol. The van der Waals surface area contributed by atoms with Gasteiger partial charge in [-0.3, -0.25) is 0 Å². The summed E-state index contributed by atoms with van der Waals surface area (Å²) >= 11 is 0. The zero-order valence-corrected chi connectivity index (χ0v) is 36.2. The lowest BCUT2D eigenvalue weighted by atomic mass is 9.91. The maximum atomic E-state index is 7.24. The second-order valence-corrected chi connectivity index (χ2v) is 27.2. The van der Waals surface area contributed by atoms with E-state index < -0.39 is 16.6 Å². The van der Waals surface area contributed by atoms with Crippen LogP contribution in [0.4, 0.5) is 0 Å². The molecule has 0 aromatic rings. The minimum atomic E-state index is -2.16. The molecule has 0 fully saturated rings. The van der Waals surface area contributed by atoms with E-state index in [1.807, 2.05) is 6.08 Å². The molecule has 2 aliphatic rings. The van der Waals surface area contributed by atoms with E-state index in [1.54, 1.807) is 7.11 Å². The number of hydrogen-bond donors (Lipinski definition) is 0. The van der Waals surface area contributed by atoms with Gasteiger partial charge in [0.25, 0.3) is 0 Å². The van der Waals surface area contributed by atoms with Crippen LogP contribution in [0, 0.1) is 5.92 Å². The van der Waals surface area contributed by atoms with Crippen LogP contribution < -0.4 is 0 Å². The summed E-state index contributed by atoms with van der Waals surface area (Å²) in [6, 6.07) is 0. The van der Waals surface area contributed by atoms with Crippen LogP contribution >= 0.6 is 0 Å². The van der Waals surface area contributed by atoms with Crippen LogP contribution in [-0.4, -0.2) is 73.8 Å². The molecule has 2 aliphatic heterocycles. The Balaban J connectivity index is 2.30. The summed E-state index contributed by atoms with van der Waals surface area (Å²) in [7, 11) is -2.65. The molecule has 0 radical (unpaired) electrons. The van der Waals surface area contributed by atoms with Crippen LogP contribution in [0.1, 0.15) is 93.9 Å². The van der Waals surface area contributed by atoms with E-state index in [2.05, 4.69) is 137 Å². The molecule has 0 aromatic carbocycles. The summed E-state index contributed by atoms with van der Waals surface area (Å²) in [5, 5.41) is 0.111. The molecule has 0 spiro atoms. The van der Waals surface area contributed by atoms with Crippen LogP contribution in [0.3, 0.4) is 0 Å². The van der Waals surface area contributed by atoms with Crippen molar-refractivity contribution in [3.63, 3.8) is 0 Å². The van der Waals surface area contributed by atoms with Crippen LogP contribution in [0.2, 0.25) is 36.3 Å². The van der Waals surface area contributed by atoms with Gasteiger partial charge >= 0.3 is 0 Å². The summed E-state index contributed by atoms with van der Waals surface area (Å²) in [6.07, 6.45) is 22.1. The molecular formula is C42H74O6Si2. The Morgan fingerprint density at radius 2 is 1.68 bits per heavy atom. The first-order chi connectivity index (χ1) is 23.2. The van der Waals surface area contributed by atoms with Crippen molar-refractivity contribution in [3.8, 4) is 0 Å². The van der Waals surface area contributed by atoms with Crippen LogP contribution in [0.5, 0.6) is 0 Å². The van der Waals surface area contributed by atoms with Crippen molar-refractivity contribution < 1.29 is 27.8 Å². The Morgan fingerprint density at radius 1 is 1.02 bits per heavy atom. The maximum Gasteiger partial charge on any atom is 0.193 e. The van der Waals surface area contributed by atoms with Gasteiger partial charge in [-0.15, -0.1) is 6.58 Å². The topological polar surface area (TPSA) is 55.4 Å². The van der Waals surface area contributed by atoms with Crippen molar-refractivity contribution in [2.45, 2.75) is 167 Å². The first kappa shape index (κ1) is 44.8. The van der Waals surface area contributed by atoms with Crippen molar-refractivity contribution in [2.24, 2.45) is 5.92 Å². The quantitative estimate of drug-likeness (QED) is 0.0706. The van der Waals surface area contributed by atoms with Gasteiger partial charge in [-0.2, -0.15) is 0 Å². The Morgan fingerprint density at radius 3 is 2.28 bits per heavy atom. The smallest absolute Gasteiger partial charge is 0.193 e. The fraction of sp³-hybridized carbons (Fsp3) is 0.714. The summed E-state index contributed by atoms with van der Waals surface area (Å²) in [6.45, 7) is 36.8. The highest BCUT2D eigenvalue weighted by molar-refractivity contribution is 6.74. The normalized spacial score (nSPS) is 23.5. The van der Waals surface area contributed by atoms with E-state index in [0.717, 1.165) is 32.1 Å². The van der Waals surface area contributed by atoms with E-state index in [-0.39, 0.29) is 53.5 Å². The molecule has 0 bridgehead atoms. The average molecular weight is 731 g/mol. The predicted molar refractivity (Wildman–Crippen MR) is 217 cm³/mol. The highest BCUT2D eigenvalue weighted by atomic mass is 28.4. The third kappa shape index (κ3) is 15.3. The molecule has 0 N–H and O–H groups in total. The minimum Gasteiger partial charge on any atom is -0.411 e. The SMILES string of the molecule is C=C[C@H]1C=CC[C@@H](C[C@@H](C)CC(=C)C[C@@H](/C=C/C[C@H](O[Si](C)(C)C(C)(C)C)[C@H](C=C[C@@H]2CC(C)=CCO2)O[Si](C)(C)C(C)(C)C)OCOC)O1. The van der Waals surface area contributed by atoms with Crippen molar-refractivity contribution in [1.29, 1.82) is 0 Å². The predicted octanol–water partition coefficient (Wildman–Crippen LogP) is 11.3. The standard InChI is InChI=1S/C42H74O6Si2/c1-16-35-19-17-21-38(46-35)30-34(4)27-33(3)29-36(45-31-43-11)20-18-22-39(47-49(12,13)41(5,6)7)40(48-50(14,15)42(8,9)10)24-23-37-28-32(2)25-26-44-37/h16-20,23-25,34-40H,1,3,21-22,26-31H2,2,4-15H3/b20-18+,24-23?/t34-,35-,36+,37+,38-,39-,40-/m0/s1. The van der Waals surface area contributed by atoms with Gasteiger partial charge in [0, 0.05) is 7.11 Å². The van der Waals surface area contributed by atoms with Gasteiger partial charge in [0.05, 0.1) is 43.2 Å². The highest BCUT2D eigenvalue weighted by Crippen LogP contribution is 2.41. The monoisotopic (exact) mass is 731 g/mol. The van der Waals surface area contributed by atoms with Crippen molar-refractivity contribution in [1.82, 2.24) is 0 Å². The van der Waals surface area contributed by atoms with Crippen LogP contribution in [0.25, 0.3) is 0 Å². The molecule has 0 aliphatic carbocycles. The summed E-state index contributed by atoms with van der Waals surface area (Å²) < 4.78 is 38.2. The summed E-state index contributed by atoms with van der Waals surface area (Å²) in [5.74, 6) is 0.450. The zero-order valence-electron chi connectivity index (χ0n) is 34.2. The van der Waals surface area contributed by atoms with E-state index in [1.165, 1.54) is 11.1 Å². The van der Waals surface area contributed by atoms with Crippen molar-refractivity contribution >= 4 is 16.6 Å². The lowest BCUT2D eigenvalue weighted by Crippen LogP contribution is -2.51. The second-order valence-electron chi connectivity index (χ2n) is 17.7. The molecule has 2 rings (SSSR count). The number of ether oxygens (including phenoxy) is 4. The highest BCUT2D eigenvalue weighted by Gasteiger charge is 2.44. The third-order valence-corrected chi connectivity index (χ3v) is 19.8. The second kappa shape index (κ2) is 20.2. The Kier molecular flexibility index (Phi) is 18.1. The Hall–Kier alpha value is -1.37. The average Bonchev–Trinajstić information content (AvgIpc) is 3.00. The number of methoxy groups -OCH3 is 1. The molecule has 8 heteroatoms. The zero-order chi connectivity index (χ0) is 37.8. The molecule has 0 saturated heterocycles. The molecule has 0 unspecified atom stereocenters. The van der Waals surface area contributed by atoms with Crippen LogP contribution in [0.15, 0.2) is 72.9 Å². The molecule has 0 aromatic heterocycles. The van der Waals surface area contributed by atoms with Crippen molar-refractivity contribution in [2.75, 3.05) is 20.5 Å².